The number of hydrogen-bond acceptors (Lipinski definition) is 1. The highest BCUT2D eigenvalue weighted by Gasteiger charge is 2.40. The van der Waals surface area contributed by atoms with Crippen LogP contribution in [0, 0.1) is 5.92 Å². The van der Waals surface area contributed by atoms with E-state index >= 15 is 0 Å². The first kappa shape index (κ1) is 7.93. The summed E-state index contributed by atoms with van der Waals surface area (Å²) in [4.78, 5) is 0. The average molecular weight is 190 g/mol. The first-order valence-corrected chi connectivity index (χ1v) is 6.08. The summed E-state index contributed by atoms with van der Waals surface area (Å²) in [6.07, 6.45) is 4.42. The van der Waals surface area contributed by atoms with Gasteiger partial charge in [0.05, 0.1) is 0 Å². The van der Waals surface area contributed by atoms with Crippen molar-refractivity contribution < 1.29 is 0 Å². The van der Waals surface area contributed by atoms with Crippen molar-refractivity contribution in [2.45, 2.75) is 29.8 Å². The maximum Gasteiger partial charge on any atom is 0.0328 e. The van der Waals surface area contributed by atoms with Crippen LogP contribution >= 0.6 is 11.8 Å². The zero-order valence-electron chi connectivity index (χ0n) is 7.65. The second-order valence-corrected chi connectivity index (χ2v) is 5.61. The van der Waals surface area contributed by atoms with Crippen LogP contribution < -0.4 is 0 Å². The van der Waals surface area contributed by atoms with E-state index in [1.807, 2.05) is 0 Å². The van der Waals surface area contributed by atoms with Crippen molar-refractivity contribution in [3.05, 3.63) is 35.9 Å². The van der Waals surface area contributed by atoms with Gasteiger partial charge in [-0.3, -0.25) is 0 Å². The molecule has 0 nitrogen and oxygen atoms in total. The number of hydrogen-bond donors (Lipinski definition) is 0. The lowest BCUT2D eigenvalue weighted by molar-refractivity contribution is 0.549. The van der Waals surface area contributed by atoms with Crippen molar-refractivity contribution in [1.29, 1.82) is 0 Å². The molecule has 1 heterocycles. The number of thioether (sulfide) groups is 1. The second kappa shape index (κ2) is 3.06. The molecule has 1 saturated carbocycles. The van der Waals surface area contributed by atoms with Crippen LogP contribution in [0.4, 0.5) is 0 Å². The molecule has 0 aromatic heterocycles. The van der Waals surface area contributed by atoms with Gasteiger partial charge < -0.3 is 0 Å². The molecule has 1 saturated heterocycles. The molecule has 1 aromatic carbocycles. The van der Waals surface area contributed by atoms with Crippen molar-refractivity contribution in [1.82, 2.24) is 0 Å². The standard InChI is InChI=1S/C12H14S/c1-2-4-9(5-3-1)12-10-6-7-11(8-10)13-12/h1-5,10-12H,6-8H2. The Balaban J connectivity index is 1.87. The predicted molar refractivity (Wildman–Crippen MR) is 57.9 cm³/mol. The Morgan fingerprint density at radius 2 is 1.92 bits per heavy atom. The summed E-state index contributed by atoms with van der Waals surface area (Å²) in [7, 11) is 0. The van der Waals surface area contributed by atoms with E-state index in [-0.39, 0.29) is 0 Å². The molecule has 1 aliphatic heterocycles. The van der Waals surface area contributed by atoms with Crippen molar-refractivity contribution in [2.24, 2.45) is 5.92 Å². The van der Waals surface area contributed by atoms with Gasteiger partial charge in [-0.2, -0.15) is 11.8 Å². The number of rotatable bonds is 1. The molecule has 3 rings (SSSR count). The fourth-order valence-corrected chi connectivity index (χ4v) is 4.51. The molecular formula is C12H14S. The molecule has 0 radical (unpaired) electrons. The summed E-state index contributed by atoms with van der Waals surface area (Å²) >= 11 is 2.21. The molecule has 2 bridgehead atoms. The highest BCUT2D eigenvalue weighted by Crippen LogP contribution is 2.56. The van der Waals surface area contributed by atoms with Crippen molar-refractivity contribution in [3.63, 3.8) is 0 Å². The molecule has 2 fully saturated rings. The van der Waals surface area contributed by atoms with E-state index in [4.69, 9.17) is 0 Å². The zero-order valence-corrected chi connectivity index (χ0v) is 8.46. The summed E-state index contributed by atoms with van der Waals surface area (Å²) in [5.41, 5.74) is 1.56. The van der Waals surface area contributed by atoms with Crippen molar-refractivity contribution in [2.75, 3.05) is 0 Å². The van der Waals surface area contributed by atoms with Gasteiger partial charge in [0.1, 0.15) is 0 Å². The molecule has 1 aliphatic carbocycles. The van der Waals surface area contributed by atoms with Gasteiger partial charge in [-0.15, -0.1) is 0 Å². The maximum atomic E-state index is 2.29. The van der Waals surface area contributed by atoms with E-state index in [9.17, 15) is 0 Å². The summed E-state index contributed by atoms with van der Waals surface area (Å²) in [5, 5.41) is 1.80. The fourth-order valence-electron chi connectivity index (χ4n) is 2.68. The smallest absolute Gasteiger partial charge is 0.0328 e. The lowest BCUT2D eigenvalue weighted by Crippen LogP contribution is -2.04. The van der Waals surface area contributed by atoms with Crippen LogP contribution in [-0.2, 0) is 0 Å². The summed E-state index contributed by atoms with van der Waals surface area (Å²) in [5.74, 6) is 0.984. The SMILES string of the molecule is c1ccc(C2SC3CCC2C3)cc1. The van der Waals surface area contributed by atoms with Crippen LogP contribution in [0.15, 0.2) is 30.3 Å². The van der Waals surface area contributed by atoms with Gasteiger partial charge >= 0.3 is 0 Å². The summed E-state index contributed by atoms with van der Waals surface area (Å²) in [6.45, 7) is 0. The molecular weight excluding hydrogens is 176 g/mol. The first-order valence-electron chi connectivity index (χ1n) is 5.14. The second-order valence-electron chi connectivity index (χ2n) is 4.16. The molecule has 1 aromatic rings. The molecule has 0 amide bonds. The van der Waals surface area contributed by atoms with Crippen LogP contribution in [0.5, 0.6) is 0 Å². The van der Waals surface area contributed by atoms with E-state index in [1.165, 1.54) is 19.3 Å². The average Bonchev–Trinajstić information content (AvgIpc) is 2.80. The Morgan fingerprint density at radius 3 is 2.54 bits per heavy atom. The van der Waals surface area contributed by atoms with Crippen LogP contribution in [0.25, 0.3) is 0 Å². The van der Waals surface area contributed by atoms with E-state index in [0.717, 1.165) is 16.4 Å². The van der Waals surface area contributed by atoms with Crippen molar-refractivity contribution in [3.8, 4) is 0 Å². The van der Waals surface area contributed by atoms with E-state index < -0.39 is 0 Å². The third-order valence-corrected chi connectivity index (χ3v) is 5.08. The van der Waals surface area contributed by atoms with Crippen LogP contribution in [-0.4, -0.2) is 5.25 Å². The Kier molecular flexibility index (Phi) is 1.86. The number of benzene rings is 1. The molecule has 2 aliphatic rings. The van der Waals surface area contributed by atoms with E-state index in [0.29, 0.717) is 0 Å². The first-order chi connectivity index (χ1) is 6.43. The maximum absolute atomic E-state index is 2.29. The Hall–Kier alpha value is -0.430. The minimum absolute atomic E-state index is 0.819. The lowest BCUT2D eigenvalue weighted by Gasteiger charge is -2.21. The highest BCUT2D eigenvalue weighted by atomic mass is 32.2. The minimum Gasteiger partial charge on any atom is -0.150 e. The fraction of sp³-hybridized carbons (Fsp3) is 0.500. The molecule has 13 heavy (non-hydrogen) atoms. The van der Waals surface area contributed by atoms with Crippen molar-refractivity contribution >= 4 is 11.8 Å². The molecule has 1 heteroatoms. The third-order valence-electron chi connectivity index (χ3n) is 3.32. The topological polar surface area (TPSA) is 0 Å². The van der Waals surface area contributed by atoms with Gasteiger partial charge in [0, 0.05) is 10.5 Å². The third kappa shape index (κ3) is 1.30. The molecule has 68 valence electrons. The minimum atomic E-state index is 0.819. The summed E-state index contributed by atoms with van der Waals surface area (Å²) in [6, 6.07) is 11.0. The van der Waals surface area contributed by atoms with Gasteiger partial charge in [-0.05, 0) is 30.7 Å². The van der Waals surface area contributed by atoms with Gasteiger partial charge in [-0.25, -0.2) is 0 Å². The molecule has 3 atom stereocenters. The van der Waals surface area contributed by atoms with Gasteiger partial charge in [0.25, 0.3) is 0 Å². The summed E-state index contributed by atoms with van der Waals surface area (Å²) < 4.78 is 0. The lowest BCUT2D eigenvalue weighted by atomic mass is 9.98. The van der Waals surface area contributed by atoms with Crippen LogP contribution in [0.3, 0.4) is 0 Å². The molecule has 3 unspecified atom stereocenters. The highest BCUT2D eigenvalue weighted by molar-refractivity contribution is 8.00. The largest absolute Gasteiger partial charge is 0.150 e. The van der Waals surface area contributed by atoms with E-state index in [2.05, 4.69) is 42.1 Å². The monoisotopic (exact) mass is 190 g/mol. The molecule has 0 N–H and O–H groups in total. The van der Waals surface area contributed by atoms with Gasteiger partial charge in [0.2, 0.25) is 0 Å². The number of fused-ring (bicyclic) bond motifs is 2. The van der Waals surface area contributed by atoms with Gasteiger partial charge in [0.15, 0.2) is 0 Å². The quantitative estimate of drug-likeness (QED) is 0.651. The normalized spacial score (nSPS) is 36.8. The zero-order chi connectivity index (χ0) is 8.67. The molecule has 0 spiro atoms. The van der Waals surface area contributed by atoms with Gasteiger partial charge in [-0.1, -0.05) is 30.3 Å². The van der Waals surface area contributed by atoms with Crippen LogP contribution in [0.1, 0.15) is 30.1 Å². The Bertz CT molecular complexity index is 293. The Morgan fingerprint density at radius 1 is 1.08 bits per heavy atom. The Labute approximate surface area is 83.7 Å². The van der Waals surface area contributed by atoms with E-state index in [1.54, 1.807) is 5.56 Å². The van der Waals surface area contributed by atoms with Crippen LogP contribution in [0.2, 0.25) is 0 Å². The predicted octanol–water partition coefficient (Wildman–Crippen LogP) is 3.64.